The van der Waals surface area contributed by atoms with Crippen molar-refractivity contribution in [3.8, 4) is 23.0 Å². The molecule has 4 aliphatic heterocycles. The number of nitrogens with one attached hydrogen (secondary N) is 3. The third-order valence-corrected chi connectivity index (χ3v) is 12.7. The van der Waals surface area contributed by atoms with E-state index in [1.807, 2.05) is 33.9 Å². The van der Waals surface area contributed by atoms with E-state index < -0.39 is 42.3 Å². The molecule has 0 bridgehead atoms. The molecule has 19 heteroatoms. The van der Waals surface area contributed by atoms with Crippen LogP contribution in [0.4, 0.5) is 21.9 Å². The molecule has 0 saturated heterocycles. The number of hydrogen-bond acceptors (Lipinski definition) is 15. The Morgan fingerprint density at radius 2 is 1.44 bits per heavy atom. The van der Waals surface area contributed by atoms with Crippen LogP contribution < -0.4 is 45.5 Å². The summed E-state index contributed by atoms with van der Waals surface area (Å²) in [7, 11) is 3.00. The largest absolute Gasteiger partial charge is 0.493 e. The first kappa shape index (κ1) is 50.9. The molecule has 4 amide bonds. The number of benzene rings is 3. The summed E-state index contributed by atoms with van der Waals surface area (Å²) in [6.45, 7) is 10.1. The van der Waals surface area contributed by atoms with Crippen LogP contribution in [0.15, 0.2) is 77.1 Å². The predicted octanol–water partition coefficient (Wildman–Crippen LogP) is 5.78. The highest BCUT2D eigenvalue weighted by Crippen LogP contribution is 2.43. The van der Waals surface area contributed by atoms with Crippen molar-refractivity contribution in [3.05, 3.63) is 88.8 Å². The number of carbonyl (C=O) groups excluding carboxylic acids is 5. The highest BCUT2D eigenvalue weighted by atomic mass is 16.6. The number of methoxy groups -OCH3 is 2. The first-order valence-electron chi connectivity index (χ1n) is 23.6. The van der Waals surface area contributed by atoms with Gasteiger partial charge in [0.05, 0.1) is 87.3 Å². The number of Topliss-reactive ketones (excluding diaryl/α,β-unsaturated/α-hetero) is 1. The summed E-state index contributed by atoms with van der Waals surface area (Å²) in [5.74, 6) is 0.253. The Kier molecular flexibility index (Phi) is 16.5. The van der Waals surface area contributed by atoms with Gasteiger partial charge in [0, 0.05) is 36.4 Å². The van der Waals surface area contributed by atoms with Crippen molar-refractivity contribution in [1.29, 1.82) is 0 Å². The van der Waals surface area contributed by atoms with Gasteiger partial charge >= 0.3 is 6.09 Å². The zero-order valence-corrected chi connectivity index (χ0v) is 40.8. The Bertz CT molecular complexity index is 2540. The van der Waals surface area contributed by atoms with Gasteiger partial charge in [0.2, 0.25) is 5.91 Å². The number of carbonyl (C=O) groups is 5. The van der Waals surface area contributed by atoms with Gasteiger partial charge in [-0.1, -0.05) is 37.1 Å². The van der Waals surface area contributed by atoms with E-state index in [2.05, 4.69) is 20.9 Å². The Hall–Kier alpha value is -6.96. The van der Waals surface area contributed by atoms with Gasteiger partial charge in [-0.2, -0.15) is 0 Å². The predicted molar refractivity (Wildman–Crippen MR) is 263 cm³/mol. The first-order valence-corrected chi connectivity index (χ1v) is 23.6. The summed E-state index contributed by atoms with van der Waals surface area (Å²) in [4.78, 5) is 74.7. The second-order valence-corrected chi connectivity index (χ2v) is 18.3. The number of anilines is 2. The zero-order chi connectivity index (χ0) is 50.2. The molecule has 5 atom stereocenters. The molecule has 4 aliphatic rings. The average Bonchev–Trinajstić information content (AvgIpc) is 3.88. The minimum Gasteiger partial charge on any atom is -0.493 e. The standard InChI is InChI=1S/C51H64N8O11/c1-29(2)46(47(52)61)54-24-41(60)32(5)55-28-56-34-13-11-33(12-14-34)27-70-51(65)59-39-22-45(43(67-7)20-37(39)49(63)58-26-31(4)18-40(58)50(59)64)69-16-10-8-9-15-68-44-21-38-36(19-42(44)66-6)48(62)57-25-30(3)17-35(57)23-53-38/h11-14,19-23,25-26,29,32,35,40,46,50,54-56,64H,8-10,15-18,24,27-28H2,1-7H3,(H2,52,61)/t32-,35-,40-,46-,50-/m0/s1. The number of amides is 4. The van der Waals surface area contributed by atoms with Gasteiger partial charge in [-0.05, 0) is 88.6 Å². The fourth-order valence-corrected chi connectivity index (χ4v) is 8.80. The third-order valence-electron chi connectivity index (χ3n) is 12.7. The lowest BCUT2D eigenvalue weighted by molar-refractivity contribution is -0.122. The molecule has 0 aromatic heterocycles. The van der Waals surface area contributed by atoms with Crippen LogP contribution >= 0.6 is 0 Å². The van der Waals surface area contributed by atoms with Crippen LogP contribution in [-0.2, 0) is 20.9 Å². The Morgan fingerprint density at radius 1 is 0.814 bits per heavy atom. The second kappa shape index (κ2) is 22.6. The van der Waals surface area contributed by atoms with Gasteiger partial charge in [0.25, 0.3) is 11.8 Å². The number of aliphatic hydroxyl groups excluding tert-OH is 1. The van der Waals surface area contributed by atoms with Crippen LogP contribution in [0.3, 0.4) is 0 Å². The van der Waals surface area contributed by atoms with Gasteiger partial charge in [0.15, 0.2) is 35.0 Å². The molecule has 374 valence electrons. The summed E-state index contributed by atoms with van der Waals surface area (Å²) in [6.07, 6.45) is 6.15. The third kappa shape index (κ3) is 11.5. The van der Waals surface area contributed by atoms with Crippen molar-refractivity contribution in [2.75, 3.05) is 50.9 Å². The van der Waals surface area contributed by atoms with Crippen molar-refractivity contribution in [2.24, 2.45) is 16.6 Å². The normalized spacial score (nSPS) is 18.9. The molecule has 0 aliphatic carbocycles. The second-order valence-electron chi connectivity index (χ2n) is 18.3. The molecular weight excluding hydrogens is 901 g/mol. The summed E-state index contributed by atoms with van der Waals surface area (Å²) < 4.78 is 29.4. The van der Waals surface area contributed by atoms with Gasteiger partial charge in [-0.3, -0.25) is 34.8 Å². The highest BCUT2D eigenvalue weighted by molar-refractivity contribution is 6.07. The zero-order valence-electron chi connectivity index (χ0n) is 40.8. The van der Waals surface area contributed by atoms with E-state index in [9.17, 15) is 29.1 Å². The summed E-state index contributed by atoms with van der Waals surface area (Å²) >= 11 is 0. The SMILES string of the molecule is COc1cc2c(cc1OCCCCCOc1cc3c(cc1OC)C(=O)N1C=C(C)C[C@H]1[C@H](O)N3C(=O)OCc1ccc(NCN[C@@H](C)C(=O)CN[C@H](C(N)=O)C(C)C)cc1)N=C[C@@H]1CC(C)=CN1C2=O. The summed E-state index contributed by atoms with van der Waals surface area (Å²) in [6, 6.07) is 11.6. The summed E-state index contributed by atoms with van der Waals surface area (Å²) in [5.41, 5.74) is 10.1. The molecule has 3 aromatic carbocycles. The fraction of sp³-hybridized carbons (Fsp3) is 0.451. The van der Waals surface area contributed by atoms with Crippen molar-refractivity contribution in [3.63, 3.8) is 0 Å². The molecular formula is C51H64N8O11. The maximum absolute atomic E-state index is 14.1. The van der Waals surface area contributed by atoms with Crippen LogP contribution in [0.25, 0.3) is 0 Å². The van der Waals surface area contributed by atoms with Gasteiger partial charge in [-0.15, -0.1) is 0 Å². The monoisotopic (exact) mass is 964 g/mol. The molecule has 0 unspecified atom stereocenters. The van der Waals surface area contributed by atoms with Crippen LogP contribution in [0.2, 0.25) is 0 Å². The van der Waals surface area contributed by atoms with Crippen molar-refractivity contribution in [1.82, 2.24) is 20.4 Å². The Morgan fingerprint density at radius 3 is 2.10 bits per heavy atom. The molecule has 7 rings (SSSR count). The lowest BCUT2D eigenvalue weighted by Gasteiger charge is -2.31. The number of fused-ring (bicyclic) bond motifs is 4. The maximum atomic E-state index is 14.1. The lowest BCUT2D eigenvalue weighted by Crippen LogP contribution is -2.50. The highest BCUT2D eigenvalue weighted by Gasteiger charge is 2.45. The molecule has 0 saturated carbocycles. The number of rotatable bonds is 22. The Labute approximate surface area is 408 Å². The number of ether oxygens (including phenoxy) is 5. The quantitative estimate of drug-likeness (QED) is 0.0594. The lowest BCUT2D eigenvalue weighted by atomic mass is 10.0. The number of unbranched alkanes of at least 4 members (excludes halogenated alkanes) is 2. The van der Waals surface area contributed by atoms with Gasteiger partial charge in [0.1, 0.15) is 6.61 Å². The molecule has 3 aromatic rings. The molecule has 6 N–H and O–H groups in total. The van der Waals surface area contributed by atoms with E-state index in [1.165, 1.54) is 31.3 Å². The molecule has 19 nitrogen and oxygen atoms in total. The van der Waals surface area contributed by atoms with E-state index in [0.717, 1.165) is 34.6 Å². The van der Waals surface area contributed by atoms with Crippen molar-refractivity contribution < 1.29 is 52.8 Å². The molecule has 0 fully saturated rings. The first-order chi connectivity index (χ1) is 33.6. The number of aliphatic hydroxyl groups is 1. The molecule has 0 spiro atoms. The van der Waals surface area contributed by atoms with E-state index in [1.54, 1.807) is 60.6 Å². The number of nitrogens with zero attached hydrogens (tertiary/aromatic N) is 4. The maximum Gasteiger partial charge on any atom is 0.416 e. The summed E-state index contributed by atoms with van der Waals surface area (Å²) in [5, 5.41) is 21.1. The molecule has 4 heterocycles. The Balaban J connectivity index is 0.942. The van der Waals surface area contributed by atoms with Crippen LogP contribution in [0, 0.1) is 5.92 Å². The fourth-order valence-electron chi connectivity index (χ4n) is 8.80. The van der Waals surface area contributed by atoms with E-state index in [4.69, 9.17) is 29.4 Å². The average molecular weight is 965 g/mol. The number of hydrogen-bond donors (Lipinski definition) is 5. The topological polar surface area (TPSA) is 236 Å². The van der Waals surface area contributed by atoms with Gasteiger partial charge in [-0.25, -0.2) is 9.69 Å². The smallest absolute Gasteiger partial charge is 0.416 e. The molecule has 70 heavy (non-hydrogen) atoms. The van der Waals surface area contributed by atoms with E-state index in [0.29, 0.717) is 54.2 Å². The van der Waals surface area contributed by atoms with Crippen LogP contribution in [0.1, 0.15) is 93.0 Å². The number of aliphatic imine (C=N–C) groups is 1. The minimum atomic E-state index is -1.46. The van der Waals surface area contributed by atoms with E-state index in [-0.39, 0.29) is 72.8 Å². The van der Waals surface area contributed by atoms with Crippen molar-refractivity contribution in [2.45, 2.75) is 104 Å². The van der Waals surface area contributed by atoms with Gasteiger partial charge < -0.3 is 49.6 Å². The molecule has 0 radical (unpaired) electrons. The number of ketones is 1. The van der Waals surface area contributed by atoms with Crippen LogP contribution in [-0.4, -0.2) is 122 Å². The van der Waals surface area contributed by atoms with E-state index >= 15 is 0 Å². The minimum absolute atomic E-state index is 0.00340. The number of primary amides is 1. The van der Waals surface area contributed by atoms with Crippen molar-refractivity contribution >= 4 is 52.9 Å². The van der Waals surface area contributed by atoms with Crippen LogP contribution in [0.5, 0.6) is 23.0 Å². The number of nitrogens with two attached hydrogens (primary N) is 1.